The van der Waals surface area contributed by atoms with Crippen LogP contribution in [0.4, 0.5) is 10.5 Å². The number of carbonyl (C=O) groups is 3. The number of rotatable bonds is 8. The second-order valence-corrected chi connectivity index (χ2v) is 4.27. The lowest BCUT2D eigenvalue weighted by Crippen LogP contribution is -2.29. The molecular weight excluding hydrogens is 292 g/mol. The number of hydrogen-bond acceptors (Lipinski definition) is 5. The maximum absolute atomic E-state index is 11.5. The van der Waals surface area contributed by atoms with E-state index < -0.39 is 18.0 Å². The van der Waals surface area contributed by atoms with Crippen molar-refractivity contribution < 1.29 is 29.0 Å². The zero-order valence-electron chi connectivity index (χ0n) is 12.1. The molecule has 0 saturated carbocycles. The number of amides is 2. The largest absolute Gasteiger partial charge is 0.482 e. The molecule has 0 atom stereocenters. The van der Waals surface area contributed by atoms with Crippen LogP contribution < -0.4 is 15.4 Å². The Morgan fingerprint density at radius 1 is 1.18 bits per heavy atom. The Hall–Kier alpha value is -2.77. The van der Waals surface area contributed by atoms with Gasteiger partial charge in [-0.1, -0.05) is 0 Å². The Morgan fingerprint density at radius 3 is 2.45 bits per heavy atom. The van der Waals surface area contributed by atoms with E-state index in [1.165, 1.54) is 7.11 Å². The van der Waals surface area contributed by atoms with Crippen LogP contribution in [0.2, 0.25) is 0 Å². The molecule has 0 heterocycles. The number of benzene rings is 1. The molecule has 1 aromatic rings. The summed E-state index contributed by atoms with van der Waals surface area (Å²) in [5, 5.41) is 13.6. The molecule has 3 N–H and O–H groups in total. The lowest BCUT2D eigenvalue weighted by Gasteiger charge is -2.08. The zero-order chi connectivity index (χ0) is 16.4. The number of aliphatic carboxylic acids is 1. The van der Waals surface area contributed by atoms with E-state index in [1.807, 2.05) is 0 Å². The van der Waals surface area contributed by atoms with Gasteiger partial charge in [-0.05, 0) is 30.7 Å². The number of ether oxygens (including phenoxy) is 2. The average Bonchev–Trinajstić information content (AvgIpc) is 2.50. The summed E-state index contributed by atoms with van der Waals surface area (Å²) < 4.78 is 9.61. The van der Waals surface area contributed by atoms with E-state index in [0.717, 1.165) is 0 Å². The van der Waals surface area contributed by atoms with Gasteiger partial charge in [-0.25, -0.2) is 9.59 Å². The zero-order valence-corrected chi connectivity index (χ0v) is 12.1. The van der Waals surface area contributed by atoms with E-state index in [4.69, 9.17) is 9.84 Å². The van der Waals surface area contributed by atoms with Crippen molar-refractivity contribution in [2.45, 2.75) is 12.8 Å². The van der Waals surface area contributed by atoms with E-state index in [1.54, 1.807) is 24.3 Å². The number of methoxy groups -OCH3 is 1. The lowest BCUT2D eigenvalue weighted by molar-refractivity contribution is -0.143. The van der Waals surface area contributed by atoms with Crippen LogP contribution in [0.15, 0.2) is 24.3 Å². The number of hydrogen-bond donors (Lipinski definition) is 3. The predicted octanol–water partition coefficient (Wildman–Crippen LogP) is 1.22. The van der Waals surface area contributed by atoms with Crippen LogP contribution in [0, 0.1) is 0 Å². The lowest BCUT2D eigenvalue weighted by atomic mass is 10.3. The van der Waals surface area contributed by atoms with Gasteiger partial charge in [-0.2, -0.15) is 0 Å². The number of esters is 1. The number of carbonyl (C=O) groups excluding carboxylic acids is 2. The molecule has 0 unspecified atom stereocenters. The van der Waals surface area contributed by atoms with Crippen LogP contribution in [0.3, 0.4) is 0 Å². The molecule has 0 radical (unpaired) electrons. The van der Waals surface area contributed by atoms with Crippen molar-refractivity contribution in [1.29, 1.82) is 0 Å². The van der Waals surface area contributed by atoms with E-state index in [-0.39, 0.29) is 19.6 Å². The molecule has 0 fully saturated rings. The summed E-state index contributed by atoms with van der Waals surface area (Å²) >= 11 is 0. The minimum atomic E-state index is -0.898. The van der Waals surface area contributed by atoms with Gasteiger partial charge in [0.15, 0.2) is 6.61 Å². The highest BCUT2D eigenvalue weighted by molar-refractivity contribution is 5.89. The van der Waals surface area contributed by atoms with Crippen molar-refractivity contribution in [1.82, 2.24) is 5.32 Å². The van der Waals surface area contributed by atoms with Gasteiger partial charge < -0.3 is 25.2 Å². The van der Waals surface area contributed by atoms with Gasteiger partial charge in [0.1, 0.15) is 5.75 Å². The van der Waals surface area contributed by atoms with E-state index in [2.05, 4.69) is 15.4 Å². The molecule has 0 bridgehead atoms. The number of anilines is 1. The summed E-state index contributed by atoms with van der Waals surface area (Å²) in [7, 11) is 1.27. The van der Waals surface area contributed by atoms with Gasteiger partial charge in [-0.15, -0.1) is 0 Å². The van der Waals surface area contributed by atoms with Crippen molar-refractivity contribution in [3.63, 3.8) is 0 Å². The van der Waals surface area contributed by atoms with Crippen LogP contribution in [0.5, 0.6) is 5.75 Å². The molecule has 2 amide bonds. The van der Waals surface area contributed by atoms with Crippen LogP contribution in [-0.4, -0.2) is 43.3 Å². The number of nitrogens with one attached hydrogen (secondary N) is 2. The van der Waals surface area contributed by atoms with Crippen LogP contribution >= 0.6 is 0 Å². The highest BCUT2D eigenvalue weighted by atomic mass is 16.6. The predicted molar refractivity (Wildman–Crippen MR) is 77.8 cm³/mol. The maximum Gasteiger partial charge on any atom is 0.343 e. The molecule has 8 heteroatoms. The molecule has 22 heavy (non-hydrogen) atoms. The first-order valence-electron chi connectivity index (χ1n) is 6.57. The SMILES string of the molecule is COC(=O)COc1ccc(NC(=O)NCCCC(=O)O)cc1. The molecule has 0 aromatic heterocycles. The molecule has 0 aliphatic rings. The quantitative estimate of drug-likeness (QED) is 0.491. The summed E-state index contributed by atoms with van der Waals surface area (Å²) in [4.78, 5) is 32.8. The van der Waals surface area contributed by atoms with Crippen LogP contribution in [-0.2, 0) is 14.3 Å². The first kappa shape index (κ1) is 17.3. The minimum absolute atomic E-state index is 0.00646. The molecule has 8 nitrogen and oxygen atoms in total. The van der Waals surface area contributed by atoms with E-state index in [9.17, 15) is 14.4 Å². The number of carboxylic acids is 1. The fourth-order valence-corrected chi connectivity index (χ4v) is 1.45. The summed E-state index contributed by atoms with van der Waals surface area (Å²) in [5.41, 5.74) is 0.543. The third-order valence-corrected chi connectivity index (χ3v) is 2.55. The molecule has 120 valence electrons. The topological polar surface area (TPSA) is 114 Å². The molecular formula is C14H18N2O6. The first-order chi connectivity index (χ1) is 10.5. The Balaban J connectivity index is 2.32. The molecule has 1 aromatic carbocycles. The fraction of sp³-hybridized carbons (Fsp3) is 0.357. The van der Waals surface area contributed by atoms with Gasteiger partial charge in [0.05, 0.1) is 7.11 Å². The average molecular weight is 310 g/mol. The van der Waals surface area contributed by atoms with Crippen molar-refractivity contribution in [3.8, 4) is 5.75 Å². The molecule has 0 spiro atoms. The second kappa shape index (κ2) is 9.22. The van der Waals surface area contributed by atoms with E-state index >= 15 is 0 Å². The monoisotopic (exact) mass is 310 g/mol. The molecule has 0 aliphatic heterocycles. The van der Waals surface area contributed by atoms with Crippen LogP contribution in [0.1, 0.15) is 12.8 Å². The van der Waals surface area contributed by atoms with Crippen molar-refractivity contribution in [2.24, 2.45) is 0 Å². The Bertz CT molecular complexity index is 515. The van der Waals surface area contributed by atoms with Crippen molar-refractivity contribution >= 4 is 23.7 Å². The van der Waals surface area contributed by atoms with Gasteiger partial charge in [0, 0.05) is 18.7 Å². The highest BCUT2D eigenvalue weighted by Crippen LogP contribution is 2.15. The molecule has 1 rings (SSSR count). The van der Waals surface area contributed by atoms with Crippen molar-refractivity contribution in [2.75, 3.05) is 25.6 Å². The maximum atomic E-state index is 11.5. The van der Waals surface area contributed by atoms with E-state index in [0.29, 0.717) is 17.9 Å². The first-order valence-corrected chi connectivity index (χ1v) is 6.57. The summed E-state index contributed by atoms with van der Waals surface area (Å²) in [5.74, 6) is -0.912. The molecule has 0 aliphatic carbocycles. The standard InChI is InChI=1S/C14H18N2O6/c1-21-13(19)9-22-11-6-4-10(5-7-11)16-14(20)15-8-2-3-12(17)18/h4-7H,2-3,8-9H2,1H3,(H,17,18)(H2,15,16,20). The van der Waals surface area contributed by atoms with Gasteiger partial charge in [0.25, 0.3) is 0 Å². The molecule has 0 saturated heterocycles. The number of urea groups is 1. The normalized spacial score (nSPS) is 9.68. The summed E-state index contributed by atoms with van der Waals surface area (Å²) in [6.45, 7) is 0.0891. The van der Waals surface area contributed by atoms with Crippen molar-refractivity contribution in [3.05, 3.63) is 24.3 Å². The van der Waals surface area contributed by atoms with Gasteiger partial charge in [0.2, 0.25) is 0 Å². The second-order valence-electron chi connectivity index (χ2n) is 4.27. The van der Waals surface area contributed by atoms with Crippen LogP contribution in [0.25, 0.3) is 0 Å². The van der Waals surface area contributed by atoms with Gasteiger partial charge in [-0.3, -0.25) is 4.79 Å². The summed E-state index contributed by atoms with van der Waals surface area (Å²) in [6.07, 6.45) is 0.371. The summed E-state index contributed by atoms with van der Waals surface area (Å²) in [6, 6.07) is 6.01. The number of carboxylic acid groups (broad SMARTS) is 1. The Labute approximate surface area is 127 Å². The third kappa shape index (κ3) is 7.13. The Morgan fingerprint density at radius 2 is 1.86 bits per heavy atom. The highest BCUT2D eigenvalue weighted by Gasteiger charge is 2.04. The Kier molecular flexibility index (Phi) is 7.24. The fourth-order valence-electron chi connectivity index (χ4n) is 1.45. The smallest absolute Gasteiger partial charge is 0.343 e. The minimum Gasteiger partial charge on any atom is -0.482 e. The third-order valence-electron chi connectivity index (χ3n) is 2.55. The van der Waals surface area contributed by atoms with Gasteiger partial charge >= 0.3 is 18.0 Å².